The normalized spacial score (nSPS) is 49.6. The Hall–Kier alpha value is -0.570. The lowest BCUT2D eigenvalue weighted by Crippen LogP contribution is -2.58. The summed E-state index contributed by atoms with van der Waals surface area (Å²) in [7, 11) is 0. The van der Waals surface area contributed by atoms with E-state index in [-0.39, 0.29) is 12.2 Å². The van der Waals surface area contributed by atoms with Gasteiger partial charge in [-0.05, 0) is 62.7 Å². The smallest absolute Gasteiger partial charge is 0.0868 e. The second-order valence-electron chi connectivity index (χ2n) is 6.15. The summed E-state index contributed by atoms with van der Waals surface area (Å²) in [5.41, 5.74) is -0.187. The molecule has 0 heterocycles. The maximum absolute atomic E-state index is 10.5. The quantitative estimate of drug-likeness (QED) is 0.716. The molecule has 4 aliphatic rings. The summed E-state index contributed by atoms with van der Waals surface area (Å²) in [6.07, 6.45) is 6.39. The van der Waals surface area contributed by atoms with Crippen molar-refractivity contribution in [2.45, 2.75) is 44.6 Å². The van der Waals surface area contributed by atoms with Gasteiger partial charge in [0.05, 0.1) is 18.2 Å². The van der Waals surface area contributed by atoms with Crippen molar-refractivity contribution in [3.05, 3.63) is 0 Å². The van der Waals surface area contributed by atoms with E-state index in [0.717, 1.165) is 11.8 Å². The number of rotatable bonds is 3. The van der Waals surface area contributed by atoms with Gasteiger partial charge in [0.2, 0.25) is 0 Å². The molecule has 4 saturated carbocycles. The van der Waals surface area contributed by atoms with Gasteiger partial charge in [0.15, 0.2) is 0 Å². The predicted molar refractivity (Wildman–Crippen MR) is 56.4 cm³/mol. The maximum Gasteiger partial charge on any atom is 0.0868 e. The van der Waals surface area contributed by atoms with Gasteiger partial charge in [-0.1, -0.05) is 0 Å². The molecule has 0 aromatic heterocycles. The lowest BCUT2D eigenvalue weighted by Gasteiger charge is -2.59. The van der Waals surface area contributed by atoms with Gasteiger partial charge < -0.3 is 14.6 Å². The van der Waals surface area contributed by atoms with Crippen LogP contribution in [0.4, 0.5) is 0 Å². The fourth-order valence-electron chi connectivity index (χ4n) is 4.57. The van der Waals surface area contributed by atoms with Crippen molar-refractivity contribution in [3.8, 4) is 0 Å². The Morgan fingerprint density at radius 1 is 1.19 bits per heavy atom. The molecule has 0 radical (unpaired) electrons. The maximum atomic E-state index is 10.5. The van der Waals surface area contributed by atoms with Crippen LogP contribution in [0, 0.1) is 23.7 Å². The number of carboxylic acid groups (broad SMARTS) is 1. The lowest BCUT2D eigenvalue weighted by atomic mass is 9.50. The van der Waals surface area contributed by atoms with Crippen LogP contribution in [0.5, 0.6) is 0 Å². The zero-order valence-electron chi connectivity index (χ0n) is 9.78. The van der Waals surface area contributed by atoms with E-state index in [2.05, 4.69) is 6.92 Å². The van der Waals surface area contributed by atoms with Crippen molar-refractivity contribution in [2.75, 3.05) is 6.61 Å². The Kier molecular flexibility index (Phi) is 2.29. The van der Waals surface area contributed by atoms with Crippen molar-refractivity contribution >= 4 is 5.97 Å². The summed E-state index contributed by atoms with van der Waals surface area (Å²) in [6.45, 7) is 1.89. The van der Waals surface area contributed by atoms with Crippen molar-refractivity contribution in [1.29, 1.82) is 0 Å². The molecule has 0 N–H and O–H groups in total. The van der Waals surface area contributed by atoms with Crippen LogP contribution in [-0.2, 0) is 9.53 Å². The highest BCUT2D eigenvalue weighted by Gasteiger charge is 2.55. The summed E-state index contributed by atoms with van der Waals surface area (Å²) in [4.78, 5) is 10.5. The molecule has 3 nitrogen and oxygen atoms in total. The predicted octanol–water partition coefficient (Wildman–Crippen LogP) is 0.968. The Balaban J connectivity index is 1.77. The summed E-state index contributed by atoms with van der Waals surface area (Å²) < 4.78 is 5.71. The highest BCUT2D eigenvalue weighted by atomic mass is 16.5. The van der Waals surface area contributed by atoms with Crippen LogP contribution in [0.2, 0.25) is 0 Å². The van der Waals surface area contributed by atoms with Crippen LogP contribution < -0.4 is 5.11 Å². The summed E-state index contributed by atoms with van der Waals surface area (Å²) in [5, 5.41) is 10.5. The molecule has 16 heavy (non-hydrogen) atoms. The van der Waals surface area contributed by atoms with E-state index in [1.165, 1.54) is 32.1 Å². The molecule has 4 rings (SSSR count). The van der Waals surface area contributed by atoms with Gasteiger partial charge in [0.25, 0.3) is 0 Å². The van der Waals surface area contributed by atoms with Crippen molar-refractivity contribution < 1.29 is 14.6 Å². The molecule has 0 atom stereocenters. The molecule has 0 aromatic carbocycles. The van der Waals surface area contributed by atoms with Gasteiger partial charge in [-0.3, -0.25) is 0 Å². The second kappa shape index (κ2) is 3.46. The molecule has 0 aromatic rings. The minimum atomic E-state index is -1.09. The Morgan fingerprint density at radius 3 is 2.12 bits per heavy atom. The van der Waals surface area contributed by atoms with E-state index in [0.29, 0.717) is 11.8 Å². The van der Waals surface area contributed by atoms with Gasteiger partial charge in [-0.25, -0.2) is 0 Å². The van der Waals surface area contributed by atoms with Crippen LogP contribution in [0.3, 0.4) is 0 Å². The van der Waals surface area contributed by atoms with Crippen LogP contribution in [0.15, 0.2) is 0 Å². The number of carboxylic acids is 1. The molecule has 3 heteroatoms. The lowest BCUT2D eigenvalue weighted by molar-refractivity contribution is -0.316. The first-order chi connectivity index (χ1) is 7.58. The highest BCUT2D eigenvalue weighted by Crippen LogP contribution is 2.59. The summed E-state index contributed by atoms with van der Waals surface area (Å²) in [5.74, 6) is 1.87. The minimum Gasteiger partial charge on any atom is -0.548 e. The van der Waals surface area contributed by atoms with E-state index in [9.17, 15) is 9.90 Å². The molecule has 0 saturated heterocycles. The first kappa shape index (κ1) is 10.6. The topological polar surface area (TPSA) is 49.4 Å². The molecule has 4 bridgehead atoms. The molecule has 4 aliphatic carbocycles. The van der Waals surface area contributed by atoms with Crippen molar-refractivity contribution in [1.82, 2.24) is 0 Å². The summed E-state index contributed by atoms with van der Waals surface area (Å²) >= 11 is 0. The fraction of sp³-hybridized carbons (Fsp3) is 0.923. The third kappa shape index (κ3) is 1.48. The average molecular weight is 223 g/mol. The van der Waals surface area contributed by atoms with E-state index in [1.807, 2.05) is 0 Å². The van der Waals surface area contributed by atoms with Crippen LogP contribution in [0.1, 0.15) is 39.0 Å². The Bertz CT molecular complexity index is 282. The fourth-order valence-corrected chi connectivity index (χ4v) is 4.57. The average Bonchev–Trinajstić information content (AvgIpc) is 2.22. The van der Waals surface area contributed by atoms with E-state index >= 15 is 0 Å². The number of carbonyl (C=O) groups is 1. The standard InChI is InChI=1S/C13H20O3/c1-13(16-7-12(14)15)10-3-8-2-9(5-10)6-11(13)4-8/h8-11H,2-7H2,1H3,(H,14,15)/p-1. The minimum absolute atomic E-state index is 0.187. The molecular formula is C13H19O3-. The number of hydrogen-bond donors (Lipinski definition) is 0. The second-order valence-corrected chi connectivity index (χ2v) is 6.15. The third-order valence-electron chi connectivity index (χ3n) is 5.26. The highest BCUT2D eigenvalue weighted by molar-refractivity contribution is 5.65. The number of hydrogen-bond acceptors (Lipinski definition) is 3. The number of aliphatic carboxylic acids is 1. The van der Waals surface area contributed by atoms with Gasteiger partial charge in [-0.15, -0.1) is 0 Å². The van der Waals surface area contributed by atoms with Gasteiger partial charge in [-0.2, -0.15) is 0 Å². The van der Waals surface area contributed by atoms with Crippen LogP contribution in [0.25, 0.3) is 0 Å². The molecule has 4 fully saturated rings. The van der Waals surface area contributed by atoms with Gasteiger partial charge >= 0.3 is 0 Å². The van der Waals surface area contributed by atoms with Gasteiger partial charge in [0, 0.05) is 0 Å². The summed E-state index contributed by atoms with van der Waals surface area (Å²) in [6, 6.07) is 0. The van der Waals surface area contributed by atoms with E-state index < -0.39 is 5.97 Å². The molecule has 0 spiro atoms. The zero-order valence-corrected chi connectivity index (χ0v) is 9.78. The number of carbonyl (C=O) groups excluding carboxylic acids is 1. The Labute approximate surface area is 96.2 Å². The molecule has 0 unspecified atom stereocenters. The van der Waals surface area contributed by atoms with Crippen LogP contribution in [-0.4, -0.2) is 18.2 Å². The monoisotopic (exact) mass is 223 g/mol. The first-order valence-corrected chi connectivity index (χ1v) is 6.41. The molecule has 0 aliphatic heterocycles. The SMILES string of the molecule is CC1(OCC(=O)[O-])C2CC3CC(C2)CC1C3. The largest absolute Gasteiger partial charge is 0.548 e. The van der Waals surface area contributed by atoms with Crippen molar-refractivity contribution in [2.24, 2.45) is 23.7 Å². The van der Waals surface area contributed by atoms with Crippen LogP contribution >= 0.6 is 0 Å². The first-order valence-electron chi connectivity index (χ1n) is 6.41. The molecular weight excluding hydrogens is 204 g/mol. The molecule has 90 valence electrons. The Morgan fingerprint density at radius 2 is 1.69 bits per heavy atom. The zero-order chi connectivity index (χ0) is 11.3. The van der Waals surface area contributed by atoms with E-state index in [1.54, 1.807) is 0 Å². The molecule has 0 amide bonds. The van der Waals surface area contributed by atoms with Crippen molar-refractivity contribution in [3.63, 3.8) is 0 Å². The van der Waals surface area contributed by atoms with Gasteiger partial charge in [0.1, 0.15) is 0 Å². The van der Waals surface area contributed by atoms with E-state index in [4.69, 9.17) is 4.74 Å². The number of ether oxygens (including phenoxy) is 1. The third-order valence-corrected chi connectivity index (χ3v) is 5.26.